The first-order chi connectivity index (χ1) is 15.0. The zero-order chi connectivity index (χ0) is 21.3. The average Bonchev–Trinajstić information content (AvgIpc) is 3.37. The first-order valence-corrected chi connectivity index (χ1v) is 10.7. The van der Waals surface area contributed by atoms with Crippen LogP contribution in [-0.4, -0.2) is 44.4 Å². The van der Waals surface area contributed by atoms with Crippen molar-refractivity contribution in [3.8, 4) is 0 Å². The molecule has 6 rings (SSSR count). The number of nitrogens with zero attached hydrogens (tertiary/aromatic N) is 4. The van der Waals surface area contributed by atoms with E-state index in [2.05, 4.69) is 32.0 Å². The van der Waals surface area contributed by atoms with Crippen LogP contribution in [0.2, 0.25) is 0 Å². The molecule has 31 heavy (non-hydrogen) atoms. The number of aromatic nitrogens is 3. The van der Waals surface area contributed by atoms with E-state index >= 15 is 4.39 Å². The van der Waals surface area contributed by atoms with Crippen LogP contribution in [0.4, 0.5) is 10.2 Å². The maximum atomic E-state index is 15.1. The Morgan fingerprint density at radius 2 is 2.13 bits per heavy atom. The molecule has 2 N–H and O–H groups in total. The van der Waals surface area contributed by atoms with Gasteiger partial charge in [0.15, 0.2) is 0 Å². The fourth-order valence-corrected chi connectivity index (χ4v) is 5.18. The second-order valence-corrected chi connectivity index (χ2v) is 8.78. The minimum absolute atomic E-state index is 0.000262. The van der Waals surface area contributed by atoms with Gasteiger partial charge in [0.2, 0.25) is 0 Å². The van der Waals surface area contributed by atoms with E-state index in [9.17, 15) is 4.79 Å². The summed E-state index contributed by atoms with van der Waals surface area (Å²) >= 11 is 3.51. The van der Waals surface area contributed by atoms with Crippen molar-refractivity contribution >= 4 is 44.2 Å². The number of nitrogen functional groups attached to an aromatic ring is 1. The number of hydrogen-bond acceptors (Lipinski definition) is 5. The third kappa shape index (κ3) is 2.76. The summed E-state index contributed by atoms with van der Waals surface area (Å²) in [5.74, 6) is -0.729. The molecule has 0 bridgehead atoms. The summed E-state index contributed by atoms with van der Waals surface area (Å²) in [5, 5.41) is 0. The Morgan fingerprint density at radius 1 is 1.26 bits per heavy atom. The van der Waals surface area contributed by atoms with Gasteiger partial charge in [-0.3, -0.25) is 9.20 Å². The van der Waals surface area contributed by atoms with Crippen molar-refractivity contribution in [1.29, 1.82) is 0 Å². The van der Waals surface area contributed by atoms with Gasteiger partial charge < -0.3 is 15.4 Å². The van der Waals surface area contributed by atoms with Crippen LogP contribution < -0.4 is 5.73 Å². The molecule has 1 fully saturated rings. The molecule has 1 unspecified atom stereocenters. The van der Waals surface area contributed by atoms with E-state index in [-0.39, 0.29) is 29.4 Å². The van der Waals surface area contributed by atoms with Gasteiger partial charge in [-0.05, 0) is 29.3 Å². The van der Waals surface area contributed by atoms with Gasteiger partial charge in [0.05, 0.1) is 47.9 Å². The van der Waals surface area contributed by atoms with E-state index in [1.807, 2.05) is 12.1 Å². The lowest BCUT2D eigenvalue weighted by Crippen LogP contribution is -2.46. The van der Waals surface area contributed by atoms with Crippen molar-refractivity contribution in [3.63, 3.8) is 0 Å². The summed E-state index contributed by atoms with van der Waals surface area (Å²) in [5.41, 5.74) is 9.71. The molecule has 2 aliphatic rings. The standard InChI is InChI=1S/C22H17BrFN5O2/c23-12-1-2-13-11(5-12)6-19-20(13)28(3-4-31-19)22(30)14-7-17-16(8-15(14)24)27-21(25)18-9-26-10-29(17)18/h1-2,5,7-10,19-20H,3-4,6H2,(H2,25,27)/t19?,20-/m0/s1. The maximum Gasteiger partial charge on any atom is 0.257 e. The van der Waals surface area contributed by atoms with Gasteiger partial charge in [0.1, 0.15) is 17.2 Å². The van der Waals surface area contributed by atoms with Crippen molar-refractivity contribution in [1.82, 2.24) is 19.3 Å². The molecule has 1 amide bonds. The van der Waals surface area contributed by atoms with Gasteiger partial charge in [-0.1, -0.05) is 22.0 Å². The van der Waals surface area contributed by atoms with Crippen molar-refractivity contribution in [3.05, 3.63) is 69.8 Å². The van der Waals surface area contributed by atoms with E-state index in [0.717, 1.165) is 22.0 Å². The topological polar surface area (TPSA) is 85.8 Å². The molecular weight excluding hydrogens is 465 g/mol. The Kier molecular flexibility index (Phi) is 4.06. The molecule has 1 saturated heterocycles. The Labute approximate surface area is 184 Å². The average molecular weight is 482 g/mol. The normalized spacial score (nSPS) is 20.3. The number of halogens is 2. The highest BCUT2D eigenvalue weighted by Gasteiger charge is 2.42. The molecule has 7 nitrogen and oxygen atoms in total. The fourth-order valence-electron chi connectivity index (χ4n) is 4.77. The SMILES string of the molecule is Nc1nc2cc(F)c(C(=O)N3CCOC4Cc5cc(Br)ccc5[C@@H]43)cc2n2cncc12. The Balaban J connectivity index is 1.47. The smallest absolute Gasteiger partial charge is 0.257 e. The third-order valence-corrected chi connectivity index (χ3v) is 6.65. The van der Waals surface area contributed by atoms with Crippen LogP contribution in [0.1, 0.15) is 27.5 Å². The molecule has 0 saturated carbocycles. The lowest BCUT2D eigenvalue weighted by Gasteiger charge is -2.38. The van der Waals surface area contributed by atoms with E-state index < -0.39 is 5.82 Å². The van der Waals surface area contributed by atoms with Gasteiger partial charge in [-0.25, -0.2) is 14.4 Å². The van der Waals surface area contributed by atoms with Crippen LogP contribution >= 0.6 is 15.9 Å². The number of benzene rings is 2. The van der Waals surface area contributed by atoms with Crippen molar-refractivity contribution in [2.24, 2.45) is 0 Å². The molecule has 9 heteroatoms. The van der Waals surface area contributed by atoms with Gasteiger partial charge in [0, 0.05) is 23.5 Å². The monoisotopic (exact) mass is 481 g/mol. The number of carbonyl (C=O) groups is 1. The zero-order valence-electron chi connectivity index (χ0n) is 16.3. The van der Waals surface area contributed by atoms with Crippen LogP contribution in [0.15, 0.2) is 47.3 Å². The zero-order valence-corrected chi connectivity index (χ0v) is 17.8. The van der Waals surface area contributed by atoms with Crippen molar-refractivity contribution in [2.45, 2.75) is 18.6 Å². The summed E-state index contributed by atoms with van der Waals surface area (Å²) in [6.45, 7) is 0.814. The van der Waals surface area contributed by atoms with E-state index in [4.69, 9.17) is 10.5 Å². The van der Waals surface area contributed by atoms with Crippen LogP contribution in [0, 0.1) is 5.82 Å². The molecule has 0 spiro atoms. The molecular formula is C22H17BrFN5O2. The number of morpholine rings is 1. The first kappa shape index (κ1) is 18.7. The number of nitrogens with two attached hydrogens (primary N) is 1. The highest BCUT2D eigenvalue weighted by atomic mass is 79.9. The molecule has 4 aromatic rings. The number of ether oxygens (including phenoxy) is 1. The maximum absolute atomic E-state index is 15.1. The Bertz CT molecular complexity index is 1390. The number of hydrogen-bond donors (Lipinski definition) is 1. The van der Waals surface area contributed by atoms with Gasteiger partial charge in [0.25, 0.3) is 5.91 Å². The summed E-state index contributed by atoms with van der Waals surface area (Å²) in [7, 11) is 0. The van der Waals surface area contributed by atoms with E-state index in [1.165, 1.54) is 12.1 Å². The van der Waals surface area contributed by atoms with Gasteiger partial charge in [-0.15, -0.1) is 0 Å². The minimum atomic E-state index is -0.624. The molecule has 2 atom stereocenters. The quantitative estimate of drug-likeness (QED) is 0.449. The summed E-state index contributed by atoms with van der Waals surface area (Å²) < 4.78 is 23.8. The number of amides is 1. The van der Waals surface area contributed by atoms with Gasteiger partial charge >= 0.3 is 0 Å². The van der Waals surface area contributed by atoms with Crippen molar-refractivity contribution < 1.29 is 13.9 Å². The first-order valence-electron chi connectivity index (χ1n) is 9.93. The van der Waals surface area contributed by atoms with Crippen LogP contribution in [0.5, 0.6) is 0 Å². The number of carbonyl (C=O) groups excluding carboxylic acids is 1. The molecule has 1 aliphatic heterocycles. The van der Waals surface area contributed by atoms with Crippen LogP contribution in [0.3, 0.4) is 0 Å². The highest BCUT2D eigenvalue weighted by molar-refractivity contribution is 9.10. The van der Waals surface area contributed by atoms with E-state index in [1.54, 1.807) is 21.8 Å². The molecule has 2 aromatic carbocycles. The van der Waals surface area contributed by atoms with Gasteiger partial charge in [-0.2, -0.15) is 0 Å². The van der Waals surface area contributed by atoms with E-state index in [0.29, 0.717) is 29.7 Å². The van der Waals surface area contributed by atoms with Crippen LogP contribution in [-0.2, 0) is 11.2 Å². The highest BCUT2D eigenvalue weighted by Crippen LogP contribution is 2.41. The lowest BCUT2D eigenvalue weighted by atomic mass is 10.0. The Hall–Kier alpha value is -3.04. The largest absolute Gasteiger partial charge is 0.382 e. The molecule has 2 aromatic heterocycles. The minimum Gasteiger partial charge on any atom is -0.382 e. The number of imidazole rings is 1. The van der Waals surface area contributed by atoms with Crippen molar-refractivity contribution in [2.75, 3.05) is 18.9 Å². The second kappa shape index (κ2) is 6.73. The summed E-state index contributed by atoms with van der Waals surface area (Å²) in [6.07, 6.45) is 3.76. The van der Waals surface area contributed by atoms with Crippen LogP contribution in [0.25, 0.3) is 16.6 Å². The second-order valence-electron chi connectivity index (χ2n) is 7.87. The fraction of sp³-hybridized carbons (Fsp3) is 0.227. The summed E-state index contributed by atoms with van der Waals surface area (Å²) in [6, 6.07) is 8.59. The lowest BCUT2D eigenvalue weighted by molar-refractivity contribution is -0.0517. The molecule has 1 aliphatic carbocycles. The Morgan fingerprint density at radius 3 is 3.00 bits per heavy atom. The number of fused-ring (bicyclic) bond motifs is 6. The molecule has 156 valence electrons. The third-order valence-electron chi connectivity index (χ3n) is 6.15. The molecule has 3 heterocycles. The predicted molar refractivity (Wildman–Crippen MR) is 116 cm³/mol. The summed E-state index contributed by atoms with van der Waals surface area (Å²) in [4.78, 5) is 23.7. The molecule has 0 radical (unpaired) electrons. The predicted octanol–water partition coefficient (Wildman–Crippen LogP) is 3.50. The number of anilines is 1. The number of rotatable bonds is 1.